The third-order valence-corrected chi connectivity index (χ3v) is 23.6. The van der Waals surface area contributed by atoms with Crippen LogP contribution in [0.4, 0.5) is 36.7 Å². The number of aliphatic imine (C=N–C) groups is 2. The molecule has 0 saturated carbocycles. The third kappa shape index (κ3) is 32.5. The number of rotatable bonds is 22. The molecule has 8 heterocycles. The third-order valence-electron chi connectivity index (χ3n) is 17.1. The SMILES string of the molecule is C.CC(=O)[O][Hg][O]C(C)=O.COC(CO)CON.COC(CO)CONC1=N[C@@H](c2ccc(F)cc2Br)Cc2nc(N)nc(C)c21.COC(CO)CONC1=N[C@@H](c2ccc(F)cc2Br)Cc2nc(N)nc(C)c21.COc1cccc(B2OCCN(c3ccccc3)CCO2)n1.Cc1nc(N)nc2c1C(=S)N[C@@H](c1ccc(F)cc1Br)C2.N.O.O. The number of hydrogen-bond acceptors (Lipinski definition) is 34. The topological polar surface area (TPSA) is 553 Å². The first-order valence-corrected chi connectivity index (χ1v) is 42.9. The molecule has 4 aromatic carbocycles. The van der Waals surface area contributed by atoms with Crippen LogP contribution in [0.1, 0.15) is 107 Å². The Morgan fingerprint density at radius 1 is 0.600 bits per heavy atom. The fraction of sp³-hybridized carbons (Fsp3) is 0.387. The number of aromatic nitrogens is 7. The van der Waals surface area contributed by atoms with E-state index in [2.05, 4.69) is 137 Å². The van der Waals surface area contributed by atoms with Gasteiger partial charge in [-0.15, -0.1) is 0 Å². The molecule has 0 radical (unpaired) electrons. The fourth-order valence-corrected chi connectivity index (χ4v) is 15.2. The number of hydrogen-bond donors (Lipinski definition) is 11. The van der Waals surface area contributed by atoms with Gasteiger partial charge in [0.1, 0.15) is 54.0 Å². The molecule has 45 heteroatoms. The summed E-state index contributed by atoms with van der Waals surface area (Å²) < 4.78 is 82.8. The average Bonchev–Trinajstić information content (AvgIpc) is 0.781. The van der Waals surface area contributed by atoms with E-state index in [0.717, 1.165) is 63.7 Å². The number of nitrogens with one attached hydrogen (secondary N) is 3. The Morgan fingerprint density at radius 2 is 1.01 bits per heavy atom. The molecule has 0 bridgehead atoms. The van der Waals surface area contributed by atoms with E-state index in [1.54, 1.807) is 25.3 Å². The van der Waals surface area contributed by atoms with Crippen LogP contribution in [-0.4, -0.2) is 210 Å². The largest absolute Gasteiger partial charge is 0.513 e. The van der Waals surface area contributed by atoms with Crippen LogP contribution in [0.3, 0.4) is 0 Å². The molecular formula is C75H101BBr3F3HgN18O18S. The molecule has 1 fully saturated rings. The second-order valence-electron chi connectivity index (χ2n) is 25.3. The van der Waals surface area contributed by atoms with Crippen molar-refractivity contribution < 1.29 is 123 Å². The number of nitrogens with zero attached hydrogens (tertiary/aromatic N) is 10. The van der Waals surface area contributed by atoms with Crippen molar-refractivity contribution >= 4 is 125 Å². The number of halogens is 6. The van der Waals surface area contributed by atoms with Crippen molar-refractivity contribution in [2.45, 2.75) is 97.7 Å². The Balaban J connectivity index is 0.000000386. The number of hydroxylamine groups is 2. The van der Waals surface area contributed by atoms with Crippen molar-refractivity contribution in [1.29, 1.82) is 0 Å². The number of benzene rings is 4. The zero-order chi connectivity index (χ0) is 84.5. The molecule has 6 atom stereocenters. The molecule has 8 aromatic rings. The normalized spacial score (nSPS) is 15.4. The number of carbonyl (C=O) groups excluding carboxylic acids is 2. The first-order valence-electron chi connectivity index (χ1n) is 35.6. The number of thiocarbonyl (C=S) groups is 1. The van der Waals surface area contributed by atoms with Gasteiger partial charge in [-0.3, -0.25) is 19.7 Å². The van der Waals surface area contributed by atoms with E-state index in [4.69, 9.17) is 77.7 Å². The summed E-state index contributed by atoms with van der Waals surface area (Å²) in [5.74, 6) is 5.04. The number of ether oxygens (including phenoxy) is 4. The van der Waals surface area contributed by atoms with Crippen molar-refractivity contribution in [2.24, 2.45) is 15.9 Å². The van der Waals surface area contributed by atoms with Crippen molar-refractivity contribution in [1.82, 2.24) is 57.3 Å². The maximum atomic E-state index is 13.5. The van der Waals surface area contributed by atoms with E-state index in [1.807, 2.05) is 57.2 Å². The van der Waals surface area contributed by atoms with Crippen LogP contribution >= 0.6 is 60.0 Å². The maximum absolute atomic E-state index is 13.5. The molecule has 36 nitrogen and oxygen atoms in total. The molecule has 1 saturated heterocycles. The van der Waals surface area contributed by atoms with Crippen LogP contribution in [0.2, 0.25) is 0 Å². The number of para-hydroxylation sites is 1. The summed E-state index contributed by atoms with van der Waals surface area (Å²) in [4.78, 5) is 77.5. The quantitative estimate of drug-likeness (QED) is 0.0213. The van der Waals surface area contributed by atoms with Gasteiger partial charge in [0.25, 0.3) is 0 Å². The van der Waals surface area contributed by atoms with Gasteiger partial charge in [-0.25, -0.2) is 64.9 Å². The minimum Gasteiger partial charge on any atom is -0.481 e. The van der Waals surface area contributed by atoms with Gasteiger partial charge in [0.2, 0.25) is 23.7 Å². The van der Waals surface area contributed by atoms with Gasteiger partial charge in [-0.05, 0) is 92.1 Å². The van der Waals surface area contributed by atoms with Gasteiger partial charge < -0.3 is 92.9 Å². The number of amidine groups is 2. The Bertz CT molecular complexity index is 4470. The molecule has 21 N–H and O–H groups in total. The molecule has 3 unspecified atom stereocenters. The van der Waals surface area contributed by atoms with Crippen LogP contribution in [-0.2, 0) is 97.7 Å². The van der Waals surface area contributed by atoms with Crippen molar-refractivity contribution in [2.75, 3.05) is 116 Å². The number of aliphatic hydroxyl groups is 3. The van der Waals surface area contributed by atoms with Crippen LogP contribution in [0, 0.1) is 38.2 Å². The summed E-state index contributed by atoms with van der Waals surface area (Å²) in [6.45, 7) is 10.9. The monoisotopic (exact) mass is 2080 g/mol. The molecule has 652 valence electrons. The molecule has 0 aliphatic carbocycles. The fourth-order valence-electron chi connectivity index (χ4n) is 11.5. The van der Waals surface area contributed by atoms with E-state index in [0.29, 0.717) is 90.9 Å². The van der Waals surface area contributed by atoms with E-state index in [9.17, 15) is 33.0 Å². The minimum absolute atomic E-state index is 0. The average molecular weight is 2080 g/mol. The number of anilines is 4. The number of aliphatic hydroxyl groups excluding tert-OH is 3. The number of carbonyl (C=O) groups is 2. The van der Waals surface area contributed by atoms with E-state index < -0.39 is 44.8 Å². The smallest absolute Gasteiger partial charge is 0.481 e. The second-order valence-corrected chi connectivity index (χ2v) is 31.4. The zero-order valence-electron chi connectivity index (χ0n) is 66.6. The molecule has 4 aliphatic heterocycles. The zero-order valence-corrected chi connectivity index (χ0v) is 77.6. The summed E-state index contributed by atoms with van der Waals surface area (Å²) >= 11 is 13.6. The van der Waals surface area contributed by atoms with Gasteiger partial charge in [0.05, 0.1) is 108 Å². The van der Waals surface area contributed by atoms with Crippen molar-refractivity contribution in [3.05, 3.63) is 202 Å². The number of pyridine rings is 1. The van der Waals surface area contributed by atoms with Gasteiger partial charge >= 0.3 is 73.3 Å². The maximum Gasteiger partial charge on any atom is 0.513 e. The Hall–Kier alpha value is -8.33. The summed E-state index contributed by atoms with van der Waals surface area (Å²) in [6, 6.07) is 28.7. The molecular weight excluding hydrogens is 1980 g/mol. The molecule has 12 rings (SSSR count). The summed E-state index contributed by atoms with van der Waals surface area (Å²) in [5, 5.41) is 30.1. The molecule has 4 aliphatic rings. The summed E-state index contributed by atoms with van der Waals surface area (Å²) in [5.41, 5.74) is 34.1. The Morgan fingerprint density at radius 3 is 1.39 bits per heavy atom. The molecule has 120 heavy (non-hydrogen) atoms. The van der Waals surface area contributed by atoms with Crippen molar-refractivity contribution in [3.8, 4) is 5.88 Å². The van der Waals surface area contributed by atoms with Gasteiger partial charge in [-0.2, -0.15) is 0 Å². The standard InChI is InChI=1S/2C18H21BrFN5O3.C16H19BN2O3.C14H12BrFN4S.C4H11NO3.2C2H4O2.CH4.Hg.H3N.2H2O/c2*1-9-16-15(24-18(21)22-9)6-14(12-4-3-10(20)5-13(12)19)23-17(16)25-28-8-11(7-26)27-2;1-20-16-9-5-8-15(18-16)17-21-12-10-19(11-13-22-17)14-6-3-2-4-7-14;1-6-12-11(20-14(17)18-6)5-10(19-13(12)21)8-3-2-7(16)4-9(8)15;1-7-4(2-6)3-8-5;2*1-2(3)4;;;;;/h2*3-5,11,14,26H,6-8H2,1-2H3,(H,23,25)(H2,21,22,24);2-9H,10-13H2,1H3;2-4,10H,5H2,1H3,(H,19,21)(H2,17,18,20);4,6H,2-3,5H2,1H3;2*1H3,(H,3,4);1H4;;1H3;2*1H2/q;;;;;;;;+2;;;/p-2/t2*11?,14-;;10-;;;;;;;;/m11.1......../s1. The van der Waals surface area contributed by atoms with Gasteiger partial charge in [0, 0.05) is 92.1 Å². The van der Waals surface area contributed by atoms with Crippen LogP contribution < -0.4 is 60.8 Å². The molecule has 0 spiro atoms. The first kappa shape index (κ1) is 106. The summed E-state index contributed by atoms with van der Waals surface area (Å²) in [6.07, 6.45) is 0.349. The van der Waals surface area contributed by atoms with E-state index in [-0.39, 0.29) is 136 Å². The van der Waals surface area contributed by atoms with Gasteiger partial charge in [0.15, 0.2) is 11.7 Å². The van der Waals surface area contributed by atoms with E-state index >= 15 is 0 Å². The summed E-state index contributed by atoms with van der Waals surface area (Å²) in [7, 11) is 5.62. The minimum atomic E-state index is -2.04. The van der Waals surface area contributed by atoms with Gasteiger partial charge in [-0.1, -0.05) is 110 Å². The Kier molecular flexibility index (Phi) is 47.8. The van der Waals surface area contributed by atoms with Crippen LogP contribution in [0.15, 0.2) is 127 Å². The predicted molar refractivity (Wildman–Crippen MR) is 454 cm³/mol. The molecule has 0 amide bonds. The molecule has 4 aromatic heterocycles. The predicted octanol–water partition coefficient (Wildman–Crippen LogP) is 5.91. The first-order chi connectivity index (χ1) is 55.6. The number of fused-ring (bicyclic) bond motifs is 3. The van der Waals surface area contributed by atoms with Crippen molar-refractivity contribution in [3.63, 3.8) is 0 Å². The number of nitrogens with two attached hydrogens (primary N) is 4. The van der Waals surface area contributed by atoms with E-state index in [1.165, 1.54) is 77.3 Å². The number of nitrogen functional groups attached to an aromatic ring is 3. The van der Waals surface area contributed by atoms with Crippen LogP contribution in [0.25, 0.3) is 0 Å². The Labute approximate surface area is 737 Å². The second kappa shape index (κ2) is 54.2. The number of methoxy groups -OCH3 is 4. The van der Waals surface area contributed by atoms with Crippen LogP contribution in [0.5, 0.6) is 5.88 Å². The number of aryl methyl sites for hydroxylation is 3.